The molecule has 0 bridgehead atoms. The number of H-pyrrole nitrogens is 1. The maximum Gasteiger partial charge on any atom is 0.306 e. The van der Waals surface area contributed by atoms with Gasteiger partial charge in [0.15, 0.2) is 6.10 Å². The summed E-state index contributed by atoms with van der Waals surface area (Å²) in [6, 6.07) is 7.34. The van der Waals surface area contributed by atoms with Crippen LogP contribution in [0.25, 0.3) is 0 Å². The van der Waals surface area contributed by atoms with E-state index in [1.165, 1.54) is 6.92 Å². The van der Waals surface area contributed by atoms with E-state index in [1.807, 2.05) is 25.1 Å². The molecule has 1 heterocycles. The maximum atomic E-state index is 12.1. The highest BCUT2D eigenvalue weighted by molar-refractivity contribution is 5.95. The van der Waals surface area contributed by atoms with Crippen LogP contribution in [0.2, 0.25) is 0 Å². The number of carbonyl (C=O) groups excluding carboxylic acids is 2. The predicted octanol–water partition coefficient (Wildman–Crippen LogP) is 2.20. The first-order valence-electron chi connectivity index (χ1n) is 8.39. The van der Waals surface area contributed by atoms with Crippen LogP contribution in [0.1, 0.15) is 36.0 Å². The highest BCUT2D eigenvalue weighted by Crippen LogP contribution is 2.11. The van der Waals surface area contributed by atoms with Gasteiger partial charge in [-0.1, -0.05) is 12.1 Å². The largest absolute Gasteiger partial charge is 0.453 e. The van der Waals surface area contributed by atoms with Crippen LogP contribution in [-0.4, -0.2) is 27.9 Å². The van der Waals surface area contributed by atoms with Gasteiger partial charge in [-0.25, -0.2) is 4.98 Å². The summed E-state index contributed by atoms with van der Waals surface area (Å²) in [5.41, 5.74) is 2.44. The summed E-state index contributed by atoms with van der Waals surface area (Å²) in [6.45, 7) is 6.85. The van der Waals surface area contributed by atoms with Gasteiger partial charge < -0.3 is 15.0 Å². The van der Waals surface area contributed by atoms with Crippen molar-refractivity contribution in [2.45, 2.75) is 46.6 Å². The lowest BCUT2D eigenvalue weighted by molar-refractivity contribution is -0.153. The highest BCUT2D eigenvalue weighted by Gasteiger charge is 2.18. The van der Waals surface area contributed by atoms with Crippen LogP contribution in [0.3, 0.4) is 0 Å². The fourth-order valence-electron chi connectivity index (χ4n) is 2.55. The Morgan fingerprint density at radius 2 is 2.00 bits per heavy atom. The Morgan fingerprint density at radius 1 is 1.27 bits per heavy atom. The molecule has 2 rings (SSSR count). The summed E-state index contributed by atoms with van der Waals surface area (Å²) in [5.74, 6) is -0.425. The Hall–Kier alpha value is -2.96. The number of aryl methyl sites for hydroxylation is 3. The van der Waals surface area contributed by atoms with Crippen LogP contribution in [0.5, 0.6) is 0 Å². The maximum absolute atomic E-state index is 12.1. The molecule has 1 aromatic carbocycles. The molecule has 0 saturated heterocycles. The average molecular weight is 357 g/mol. The molecule has 1 atom stereocenters. The Balaban J connectivity index is 1.89. The van der Waals surface area contributed by atoms with E-state index in [1.54, 1.807) is 19.9 Å². The van der Waals surface area contributed by atoms with Gasteiger partial charge in [-0.05, 0) is 51.8 Å². The second-order valence-corrected chi connectivity index (χ2v) is 6.21. The zero-order chi connectivity index (χ0) is 19.3. The normalized spacial score (nSPS) is 11.7. The van der Waals surface area contributed by atoms with E-state index in [0.717, 1.165) is 5.56 Å². The minimum atomic E-state index is -0.932. The Labute approximate surface area is 151 Å². The van der Waals surface area contributed by atoms with Gasteiger partial charge in [-0.15, -0.1) is 0 Å². The van der Waals surface area contributed by atoms with Crippen molar-refractivity contribution in [2.75, 3.05) is 5.32 Å². The molecule has 26 heavy (non-hydrogen) atoms. The van der Waals surface area contributed by atoms with E-state index < -0.39 is 18.0 Å². The molecule has 0 fully saturated rings. The third-order valence-corrected chi connectivity index (χ3v) is 3.88. The molecular weight excluding hydrogens is 334 g/mol. The molecule has 0 saturated carbocycles. The van der Waals surface area contributed by atoms with E-state index in [-0.39, 0.29) is 18.4 Å². The topological polar surface area (TPSA) is 101 Å². The standard InChI is InChI=1S/C19H23N3O4/c1-11-6-5-7-15(10-11)22-18(24)13(3)26-17(23)9-8-16-12(2)20-14(4)21-19(16)25/h5-7,10,13H,8-9H2,1-4H3,(H,22,24)(H,20,21,25)/t13-/m0/s1. The molecule has 2 N–H and O–H groups in total. The van der Waals surface area contributed by atoms with Crippen molar-refractivity contribution in [3.63, 3.8) is 0 Å². The van der Waals surface area contributed by atoms with Crippen LogP contribution in [0, 0.1) is 20.8 Å². The van der Waals surface area contributed by atoms with E-state index in [4.69, 9.17) is 4.74 Å². The number of aromatic amines is 1. The number of hydrogen-bond donors (Lipinski definition) is 2. The number of anilines is 1. The molecule has 7 nitrogen and oxygen atoms in total. The first-order chi connectivity index (χ1) is 12.3. The van der Waals surface area contributed by atoms with Gasteiger partial charge >= 0.3 is 5.97 Å². The second-order valence-electron chi connectivity index (χ2n) is 6.21. The molecule has 0 unspecified atom stereocenters. The number of aromatic nitrogens is 2. The van der Waals surface area contributed by atoms with E-state index in [2.05, 4.69) is 15.3 Å². The third-order valence-electron chi connectivity index (χ3n) is 3.88. The van der Waals surface area contributed by atoms with Gasteiger partial charge in [0.1, 0.15) is 5.82 Å². The predicted molar refractivity (Wildman–Crippen MR) is 98.0 cm³/mol. The quantitative estimate of drug-likeness (QED) is 0.772. The van der Waals surface area contributed by atoms with Gasteiger partial charge in [0.05, 0.1) is 0 Å². The molecule has 0 aliphatic carbocycles. The van der Waals surface area contributed by atoms with Gasteiger partial charge in [-0.3, -0.25) is 14.4 Å². The number of ether oxygens (including phenoxy) is 1. The van der Waals surface area contributed by atoms with Crippen molar-refractivity contribution in [2.24, 2.45) is 0 Å². The van der Waals surface area contributed by atoms with E-state index in [9.17, 15) is 14.4 Å². The monoisotopic (exact) mass is 357 g/mol. The Kier molecular flexibility index (Phi) is 6.27. The summed E-state index contributed by atoms with van der Waals surface area (Å²) in [4.78, 5) is 42.8. The number of rotatable bonds is 6. The van der Waals surface area contributed by atoms with Crippen molar-refractivity contribution < 1.29 is 14.3 Å². The van der Waals surface area contributed by atoms with Crippen molar-refractivity contribution in [3.8, 4) is 0 Å². The summed E-state index contributed by atoms with van der Waals surface area (Å²) in [7, 11) is 0. The smallest absolute Gasteiger partial charge is 0.306 e. The number of benzene rings is 1. The van der Waals surface area contributed by atoms with Crippen molar-refractivity contribution in [3.05, 3.63) is 57.3 Å². The molecule has 7 heteroatoms. The van der Waals surface area contributed by atoms with Gasteiger partial charge in [0.25, 0.3) is 11.5 Å². The molecule has 0 radical (unpaired) electrons. The molecule has 1 amide bonds. The first-order valence-corrected chi connectivity index (χ1v) is 8.39. The highest BCUT2D eigenvalue weighted by atomic mass is 16.5. The SMILES string of the molecule is Cc1cccc(NC(=O)[C@H](C)OC(=O)CCc2c(C)nc(C)[nH]c2=O)c1. The first kappa shape index (κ1) is 19.4. The van der Waals surface area contributed by atoms with Gasteiger partial charge in [0, 0.05) is 23.4 Å². The Morgan fingerprint density at radius 3 is 2.65 bits per heavy atom. The minimum absolute atomic E-state index is 0.00325. The lowest BCUT2D eigenvalue weighted by Gasteiger charge is -2.14. The van der Waals surface area contributed by atoms with Crippen molar-refractivity contribution >= 4 is 17.6 Å². The Bertz CT molecular complexity index is 873. The molecule has 0 aliphatic rings. The average Bonchev–Trinajstić information content (AvgIpc) is 2.53. The van der Waals surface area contributed by atoms with E-state index >= 15 is 0 Å². The van der Waals surface area contributed by atoms with Crippen molar-refractivity contribution in [1.82, 2.24) is 9.97 Å². The summed E-state index contributed by atoms with van der Waals surface area (Å²) in [5, 5.41) is 2.70. The zero-order valence-electron chi connectivity index (χ0n) is 15.4. The summed E-state index contributed by atoms with van der Waals surface area (Å²) >= 11 is 0. The van der Waals surface area contributed by atoms with Gasteiger partial charge in [-0.2, -0.15) is 0 Å². The van der Waals surface area contributed by atoms with E-state index in [0.29, 0.717) is 22.8 Å². The zero-order valence-corrected chi connectivity index (χ0v) is 15.4. The van der Waals surface area contributed by atoms with Crippen LogP contribution in [0.4, 0.5) is 5.69 Å². The molecule has 0 aliphatic heterocycles. The number of carbonyl (C=O) groups is 2. The van der Waals surface area contributed by atoms with Crippen LogP contribution in [-0.2, 0) is 20.7 Å². The van der Waals surface area contributed by atoms with Crippen LogP contribution >= 0.6 is 0 Å². The lowest BCUT2D eigenvalue weighted by Crippen LogP contribution is -2.30. The van der Waals surface area contributed by atoms with Crippen LogP contribution < -0.4 is 10.9 Å². The van der Waals surface area contributed by atoms with Crippen molar-refractivity contribution in [1.29, 1.82) is 0 Å². The summed E-state index contributed by atoms with van der Waals surface area (Å²) < 4.78 is 5.16. The number of amides is 1. The number of nitrogens with zero attached hydrogens (tertiary/aromatic N) is 1. The van der Waals surface area contributed by atoms with Crippen LogP contribution in [0.15, 0.2) is 29.1 Å². The second kappa shape index (κ2) is 8.42. The minimum Gasteiger partial charge on any atom is -0.453 e. The molecule has 1 aromatic heterocycles. The number of nitrogens with one attached hydrogen (secondary N) is 2. The molecule has 2 aromatic rings. The van der Waals surface area contributed by atoms with Gasteiger partial charge in [0.2, 0.25) is 0 Å². The molecule has 0 spiro atoms. The summed E-state index contributed by atoms with van der Waals surface area (Å²) in [6.07, 6.45) is -0.727. The fraction of sp³-hybridized carbons (Fsp3) is 0.368. The number of esters is 1. The molecule has 138 valence electrons. The lowest BCUT2D eigenvalue weighted by atomic mass is 10.1. The molecular formula is C19H23N3O4. The third kappa shape index (κ3) is 5.27. The fourth-order valence-corrected chi connectivity index (χ4v) is 2.55. The number of hydrogen-bond acceptors (Lipinski definition) is 5.